The van der Waals surface area contributed by atoms with Gasteiger partial charge in [0.05, 0.1) is 24.9 Å². The average Bonchev–Trinajstić information content (AvgIpc) is 3.27. The van der Waals surface area contributed by atoms with Crippen molar-refractivity contribution >= 4 is 17.5 Å². The monoisotopic (exact) mass is 354 g/mol. The first-order valence-corrected chi connectivity index (χ1v) is 8.88. The van der Waals surface area contributed by atoms with Crippen LogP contribution in [0.5, 0.6) is 5.75 Å². The molecule has 0 spiro atoms. The van der Waals surface area contributed by atoms with Crippen molar-refractivity contribution in [2.45, 2.75) is 31.2 Å². The van der Waals surface area contributed by atoms with Gasteiger partial charge in [0, 0.05) is 25.2 Å². The van der Waals surface area contributed by atoms with Crippen molar-refractivity contribution in [2.24, 2.45) is 5.92 Å². The zero-order valence-electron chi connectivity index (χ0n) is 14.6. The fourth-order valence-corrected chi connectivity index (χ4v) is 3.84. The summed E-state index contributed by atoms with van der Waals surface area (Å²) in [5.74, 6) is 0.936. The van der Waals surface area contributed by atoms with Crippen LogP contribution >= 0.6 is 0 Å². The van der Waals surface area contributed by atoms with Crippen LogP contribution in [0.3, 0.4) is 0 Å². The first-order valence-electron chi connectivity index (χ1n) is 8.88. The number of hydrogen-bond donors (Lipinski definition) is 2. The summed E-state index contributed by atoms with van der Waals surface area (Å²) < 4.78 is 5.42. The average molecular weight is 354 g/mol. The summed E-state index contributed by atoms with van der Waals surface area (Å²) in [5, 5.41) is 9.66. The summed E-state index contributed by atoms with van der Waals surface area (Å²) in [6.45, 7) is 0.410. The highest BCUT2D eigenvalue weighted by atomic mass is 16.5. The maximum Gasteiger partial charge on any atom is 0.227 e. The highest BCUT2D eigenvalue weighted by Gasteiger charge is 2.38. The number of carbonyl (C=O) groups is 2. The lowest BCUT2D eigenvalue weighted by molar-refractivity contribution is -0.127. The minimum atomic E-state index is -0.303. The molecule has 2 N–H and O–H groups in total. The lowest BCUT2D eigenvalue weighted by atomic mass is 9.75. The number of rotatable bonds is 5. The molecular formula is C19H22N4O3. The van der Waals surface area contributed by atoms with Crippen LogP contribution in [0.1, 0.15) is 30.7 Å². The van der Waals surface area contributed by atoms with Crippen LogP contribution in [0.2, 0.25) is 0 Å². The Morgan fingerprint density at radius 2 is 2.15 bits per heavy atom. The maximum atomic E-state index is 12.5. The summed E-state index contributed by atoms with van der Waals surface area (Å²) in [6, 6.07) is 8.19. The predicted molar refractivity (Wildman–Crippen MR) is 95.9 cm³/mol. The molecule has 4 rings (SSSR count). The number of para-hydroxylation sites is 1. The molecule has 0 bridgehead atoms. The Hall–Kier alpha value is -2.83. The van der Waals surface area contributed by atoms with Crippen LogP contribution in [-0.2, 0) is 9.59 Å². The summed E-state index contributed by atoms with van der Waals surface area (Å²) in [7, 11) is 1.68. The molecule has 7 nitrogen and oxygen atoms in total. The van der Waals surface area contributed by atoms with Crippen molar-refractivity contribution in [1.82, 2.24) is 15.5 Å². The Morgan fingerprint density at radius 1 is 1.35 bits per heavy atom. The van der Waals surface area contributed by atoms with Gasteiger partial charge in [-0.3, -0.25) is 14.7 Å². The van der Waals surface area contributed by atoms with Crippen LogP contribution in [-0.4, -0.2) is 41.7 Å². The molecule has 1 unspecified atom stereocenters. The van der Waals surface area contributed by atoms with Crippen molar-refractivity contribution in [3.05, 3.63) is 42.2 Å². The largest absolute Gasteiger partial charge is 0.496 e. The molecule has 1 aromatic carbocycles. The molecule has 2 amide bonds. The molecule has 2 heterocycles. The fourth-order valence-electron chi connectivity index (χ4n) is 3.84. The molecule has 1 aliphatic heterocycles. The molecule has 0 radical (unpaired) electrons. The number of amides is 2. The summed E-state index contributed by atoms with van der Waals surface area (Å²) in [4.78, 5) is 26.3. The van der Waals surface area contributed by atoms with Gasteiger partial charge in [-0.2, -0.15) is 5.10 Å². The molecule has 1 saturated heterocycles. The number of nitrogens with one attached hydrogen (secondary N) is 2. The highest BCUT2D eigenvalue weighted by Crippen LogP contribution is 2.41. The molecule has 2 aromatic rings. The lowest BCUT2D eigenvalue weighted by Crippen LogP contribution is -2.46. The van der Waals surface area contributed by atoms with E-state index in [0.29, 0.717) is 18.2 Å². The van der Waals surface area contributed by atoms with Crippen molar-refractivity contribution in [3.8, 4) is 5.75 Å². The van der Waals surface area contributed by atoms with E-state index in [1.54, 1.807) is 24.4 Å². The summed E-state index contributed by atoms with van der Waals surface area (Å²) >= 11 is 0. The molecule has 7 heteroatoms. The number of H-pyrrole nitrogens is 1. The number of carbonyl (C=O) groups excluding carboxylic acids is 2. The number of methoxy groups -OCH3 is 1. The topological polar surface area (TPSA) is 87.3 Å². The zero-order valence-corrected chi connectivity index (χ0v) is 14.6. The molecule has 26 heavy (non-hydrogen) atoms. The number of hydrogen-bond acceptors (Lipinski definition) is 4. The van der Waals surface area contributed by atoms with E-state index in [0.717, 1.165) is 18.6 Å². The van der Waals surface area contributed by atoms with Gasteiger partial charge in [-0.25, -0.2) is 0 Å². The SMILES string of the molecule is COc1ccccc1C1CC(NC(=O)C2CC(=O)N(c3cn[nH]c3)C2)C1. The number of aromatic nitrogens is 2. The third-order valence-electron chi connectivity index (χ3n) is 5.35. The van der Waals surface area contributed by atoms with E-state index in [1.165, 1.54) is 5.56 Å². The van der Waals surface area contributed by atoms with E-state index in [2.05, 4.69) is 21.6 Å². The molecular weight excluding hydrogens is 332 g/mol. The summed E-state index contributed by atoms with van der Waals surface area (Å²) in [6.07, 6.45) is 5.32. The van der Waals surface area contributed by atoms with Gasteiger partial charge in [-0.1, -0.05) is 18.2 Å². The Labute approximate surface area is 151 Å². The Bertz CT molecular complexity index is 799. The minimum Gasteiger partial charge on any atom is -0.496 e. The highest BCUT2D eigenvalue weighted by molar-refractivity contribution is 6.00. The normalized spacial score (nSPS) is 25.0. The van der Waals surface area contributed by atoms with E-state index in [4.69, 9.17) is 4.74 Å². The third kappa shape index (κ3) is 3.05. The molecule has 1 saturated carbocycles. The summed E-state index contributed by atoms with van der Waals surface area (Å²) in [5.41, 5.74) is 1.91. The van der Waals surface area contributed by atoms with Crippen molar-refractivity contribution < 1.29 is 14.3 Å². The minimum absolute atomic E-state index is 0.0344. The van der Waals surface area contributed by atoms with E-state index in [9.17, 15) is 9.59 Å². The molecule has 136 valence electrons. The fraction of sp³-hybridized carbons (Fsp3) is 0.421. The Balaban J connectivity index is 1.31. The number of benzene rings is 1. The number of ether oxygens (including phenoxy) is 1. The van der Waals surface area contributed by atoms with Gasteiger partial charge in [0.25, 0.3) is 0 Å². The first-order chi connectivity index (χ1) is 12.7. The molecule has 1 aliphatic carbocycles. The van der Waals surface area contributed by atoms with Crippen LogP contribution in [0.4, 0.5) is 5.69 Å². The Morgan fingerprint density at radius 3 is 2.88 bits per heavy atom. The molecule has 1 atom stereocenters. The van der Waals surface area contributed by atoms with Gasteiger partial charge < -0.3 is 15.0 Å². The zero-order chi connectivity index (χ0) is 18.1. The quantitative estimate of drug-likeness (QED) is 0.858. The first kappa shape index (κ1) is 16.6. The van der Waals surface area contributed by atoms with Crippen LogP contribution in [0.15, 0.2) is 36.7 Å². The smallest absolute Gasteiger partial charge is 0.227 e. The van der Waals surface area contributed by atoms with E-state index >= 15 is 0 Å². The number of anilines is 1. The Kier molecular flexibility index (Phi) is 4.36. The van der Waals surface area contributed by atoms with Crippen molar-refractivity contribution in [2.75, 3.05) is 18.6 Å². The molecule has 1 aromatic heterocycles. The van der Waals surface area contributed by atoms with Gasteiger partial charge in [0.1, 0.15) is 5.75 Å². The van der Waals surface area contributed by atoms with Crippen molar-refractivity contribution in [1.29, 1.82) is 0 Å². The van der Waals surface area contributed by atoms with Gasteiger partial charge in [0.15, 0.2) is 0 Å². The molecule has 2 aliphatic rings. The maximum absolute atomic E-state index is 12.5. The second-order valence-electron chi connectivity index (χ2n) is 6.98. The van der Waals surface area contributed by atoms with Gasteiger partial charge in [-0.05, 0) is 30.4 Å². The number of nitrogens with zero attached hydrogens (tertiary/aromatic N) is 2. The van der Waals surface area contributed by atoms with Gasteiger partial charge in [0.2, 0.25) is 11.8 Å². The van der Waals surface area contributed by atoms with E-state index < -0.39 is 0 Å². The standard InChI is InChI=1S/C19H22N4O3/c1-26-17-5-3-2-4-16(17)12-6-14(7-12)22-19(25)13-8-18(24)23(11-13)15-9-20-21-10-15/h2-5,9-10,12-14H,6-8,11H2,1H3,(H,20,21)(H,22,25). The van der Waals surface area contributed by atoms with Gasteiger partial charge in [-0.15, -0.1) is 0 Å². The predicted octanol–water partition coefficient (Wildman–Crippen LogP) is 1.83. The van der Waals surface area contributed by atoms with E-state index in [-0.39, 0.29) is 30.2 Å². The van der Waals surface area contributed by atoms with Crippen LogP contribution in [0.25, 0.3) is 0 Å². The number of aromatic amines is 1. The lowest BCUT2D eigenvalue weighted by Gasteiger charge is -2.37. The van der Waals surface area contributed by atoms with Crippen LogP contribution in [0, 0.1) is 5.92 Å². The second kappa shape index (κ2) is 6.82. The van der Waals surface area contributed by atoms with Gasteiger partial charge >= 0.3 is 0 Å². The molecule has 2 fully saturated rings. The van der Waals surface area contributed by atoms with Crippen molar-refractivity contribution in [3.63, 3.8) is 0 Å². The second-order valence-corrected chi connectivity index (χ2v) is 6.98. The van der Waals surface area contributed by atoms with Crippen LogP contribution < -0.4 is 15.0 Å². The van der Waals surface area contributed by atoms with E-state index in [1.807, 2.05) is 18.2 Å². The third-order valence-corrected chi connectivity index (χ3v) is 5.35.